The quantitative estimate of drug-likeness (QED) is 0.803. The van der Waals surface area contributed by atoms with Crippen LogP contribution in [0.5, 0.6) is 0 Å². The summed E-state index contributed by atoms with van der Waals surface area (Å²) in [6.07, 6.45) is 5.39. The highest BCUT2D eigenvalue weighted by Crippen LogP contribution is 2.21. The van der Waals surface area contributed by atoms with Gasteiger partial charge in [-0.15, -0.1) is 0 Å². The van der Waals surface area contributed by atoms with E-state index >= 15 is 0 Å². The van der Waals surface area contributed by atoms with Crippen molar-refractivity contribution >= 4 is 15.9 Å². The molecule has 106 valence electrons. The van der Waals surface area contributed by atoms with Crippen molar-refractivity contribution in [1.29, 1.82) is 0 Å². The molecule has 0 heterocycles. The van der Waals surface area contributed by atoms with E-state index in [-0.39, 0.29) is 5.82 Å². The Hall–Kier alpha value is -0.450. The second kappa shape index (κ2) is 7.36. The zero-order chi connectivity index (χ0) is 13.7. The van der Waals surface area contributed by atoms with Crippen molar-refractivity contribution in [1.82, 2.24) is 10.2 Å². The molecule has 2 rings (SSSR count). The van der Waals surface area contributed by atoms with Crippen LogP contribution in [-0.2, 0) is 6.54 Å². The van der Waals surface area contributed by atoms with Gasteiger partial charge >= 0.3 is 0 Å². The molecule has 0 aliphatic heterocycles. The second-order valence-electron chi connectivity index (χ2n) is 5.33. The molecule has 0 unspecified atom stereocenters. The average Bonchev–Trinajstić information content (AvgIpc) is 2.92. The van der Waals surface area contributed by atoms with E-state index in [1.165, 1.54) is 31.7 Å². The van der Waals surface area contributed by atoms with Gasteiger partial charge in [-0.25, -0.2) is 4.39 Å². The lowest BCUT2D eigenvalue weighted by atomic mass is 10.2. The van der Waals surface area contributed by atoms with E-state index in [1.807, 2.05) is 6.07 Å². The van der Waals surface area contributed by atoms with Gasteiger partial charge < -0.3 is 10.2 Å². The predicted octanol–water partition coefficient (Wildman–Crippen LogP) is 3.55. The molecule has 4 heteroatoms. The average molecular weight is 329 g/mol. The van der Waals surface area contributed by atoms with Crippen LogP contribution < -0.4 is 5.32 Å². The van der Waals surface area contributed by atoms with Crippen LogP contribution in [0.15, 0.2) is 22.7 Å². The van der Waals surface area contributed by atoms with Crippen molar-refractivity contribution < 1.29 is 4.39 Å². The topological polar surface area (TPSA) is 15.3 Å². The van der Waals surface area contributed by atoms with Gasteiger partial charge in [0.05, 0.1) is 0 Å². The van der Waals surface area contributed by atoms with Gasteiger partial charge in [-0.3, -0.25) is 0 Å². The molecule has 0 amide bonds. The van der Waals surface area contributed by atoms with Crippen molar-refractivity contribution in [3.8, 4) is 0 Å². The maximum atomic E-state index is 13.5. The minimum atomic E-state index is -0.139. The second-order valence-corrected chi connectivity index (χ2v) is 6.25. The molecule has 1 fully saturated rings. The van der Waals surface area contributed by atoms with Crippen molar-refractivity contribution in [3.05, 3.63) is 34.1 Å². The molecule has 1 saturated carbocycles. The van der Waals surface area contributed by atoms with E-state index < -0.39 is 0 Å². The van der Waals surface area contributed by atoms with Crippen molar-refractivity contribution in [2.24, 2.45) is 0 Å². The number of hydrogen-bond donors (Lipinski definition) is 1. The minimum absolute atomic E-state index is 0.139. The molecule has 1 aromatic rings. The Labute approximate surface area is 123 Å². The lowest BCUT2D eigenvalue weighted by molar-refractivity contribution is 0.245. The summed E-state index contributed by atoms with van der Waals surface area (Å²) in [7, 11) is 2.19. The molecular weight excluding hydrogens is 307 g/mol. The Kier molecular flexibility index (Phi) is 5.79. The van der Waals surface area contributed by atoms with Gasteiger partial charge in [0.1, 0.15) is 5.82 Å². The van der Waals surface area contributed by atoms with Gasteiger partial charge in [0, 0.05) is 35.7 Å². The summed E-state index contributed by atoms with van der Waals surface area (Å²) in [6, 6.07) is 5.82. The van der Waals surface area contributed by atoms with Gasteiger partial charge in [0.2, 0.25) is 0 Å². The smallest absolute Gasteiger partial charge is 0.127 e. The van der Waals surface area contributed by atoms with Crippen molar-refractivity contribution in [3.63, 3.8) is 0 Å². The third kappa shape index (κ3) is 4.55. The minimum Gasteiger partial charge on any atom is -0.311 e. The fraction of sp³-hybridized carbons (Fsp3) is 0.600. The van der Waals surface area contributed by atoms with Crippen LogP contribution in [0.2, 0.25) is 0 Å². The van der Waals surface area contributed by atoms with Gasteiger partial charge in [0.15, 0.2) is 0 Å². The number of nitrogens with one attached hydrogen (secondary N) is 1. The van der Waals surface area contributed by atoms with Crippen LogP contribution in [0.25, 0.3) is 0 Å². The summed E-state index contributed by atoms with van der Waals surface area (Å²) in [5, 5.41) is 3.32. The molecule has 0 saturated heterocycles. The first kappa shape index (κ1) is 14.9. The third-order valence-corrected chi connectivity index (χ3v) is 4.41. The number of nitrogens with zero attached hydrogens (tertiary/aromatic N) is 1. The van der Waals surface area contributed by atoms with E-state index in [2.05, 4.69) is 33.2 Å². The first-order chi connectivity index (χ1) is 9.16. The number of benzene rings is 1. The standard InChI is InChI=1S/C15H22BrFN2/c1-19(14-4-2-3-5-14)9-8-18-11-12-10-13(16)6-7-15(12)17/h6-7,10,14,18H,2-5,8-9,11H2,1H3. The molecule has 0 bridgehead atoms. The molecule has 1 aliphatic rings. The molecule has 0 atom stereocenters. The van der Waals surface area contributed by atoms with Crippen molar-refractivity contribution in [2.75, 3.05) is 20.1 Å². The Morgan fingerprint density at radius 1 is 1.37 bits per heavy atom. The lowest BCUT2D eigenvalue weighted by Gasteiger charge is -2.24. The van der Waals surface area contributed by atoms with Crippen molar-refractivity contribution in [2.45, 2.75) is 38.3 Å². The zero-order valence-electron chi connectivity index (χ0n) is 11.5. The summed E-state index contributed by atoms with van der Waals surface area (Å²) >= 11 is 3.37. The largest absolute Gasteiger partial charge is 0.311 e. The Bertz CT molecular complexity index is 405. The van der Waals surface area contributed by atoms with E-state index in [4.69, 9.17) is 0 Å². The van der Waals surface area contributed by atoms with Crippen LogP contribution in [0.1, 0.15) is 31.2 Å². The molecular formula is C15H22BrFN2. The predicted molar refractivity (Wildman–Crippen MR) is 80.7 cm³/mol. The van der Waals surface area contributed by atoms with Gasteiger partial charge in [0.25, 0.3) is 0 Å². The number of likely N-dealkylation sites (N-methyl/N-ethyl adjacent to an activating group) is 1. The highest BCUT2D eigenvalue weighted by atomic mass is 79.9. The van der Waals surface area contributed by atoms with Gasteiger partial charge in [-0.05, 0) is 38.1 Å². The van der Waals surface area contributed by atoms with E-state index in [0.29, 0.717) is 6.54 Å². The molecule has 1 N–H and O–H groups in total. The van der Waals surface area contributed by atoms with Crippen LogP contribution in [0.3, 0.4) is 0 Å². The molecule has 0 spiro atoms. The molecule has 2 nitrogen and oxygen atoms in total. The third-order valence-electron chi connectivity index (χ3n) is 3.91. The Balaban J connectivity index is 1.70. The van der Waals surface area contributed by atoms with E-state index in [1.54, 1.807) is 6.07 Å². The monoisotopic (exact) mass is 328 g/mol. The molecule has 0 aromatic heterocycles. The molecule has 1 aromatic carbocycles. The molecule has 19 heavy (non-hydrogen) atoms. The first-order valence-corrected chi connectivity index (χ1v) is 7.81. The van der Waals surface area contributed by atoms with Crippen LogP contribution in [0, 0.1) is 5.82 Å². The normalized spacial score (nSPS) is 16.4. The number of hydrogen-bond acceptors (Lipinski definition) is 2. The Morgan fingerprint density at radius 3 is 2.84 bits per heavy atom. The van der Waals surface area contributed by atoms with E-state index in [9.17, 15) is 4.39 Å². The summed E-state index contributed by atoms with van der Waals surface area (Å²) in [5.74, 6) is -0.139. The summed E-state index contributed by atoms with van der Waals surface area (Å²) < 4.78 is 14.5. The molecule has 1 aliphatic carbocycles. The number of halogens is 2. The maximum absolute atomic E-state index is 13.5. The summed E-state index contributed by atoms with van der Waals surface area (Å²) in [5.41, 5.74) is 0.720. The van der Waals surface area contributed by atoms with Crippen LogP contribution >= 0.6 is 15.9 Å². The highest BCUT2D eigenvalue weighted by molar-refractivity contribution is 9.10. The molecule has 0 radical (unpaired) electrons. The summed E-state index contributed by atoms with van der Waals surface area (Å²) in [6.45, 7) is 2.52. The van der Waals surface area contributed by atoms with E-state index in [0.717, 1.165) is 29.2 Å². The van der Waals surface area contributed by atoms with Crippen LogP contribution in [0.4, 0.5) is 4.39 Å². The van der Waals surface area contributed by atoms with Crippen LogP contribution in [-0.4, -0.2) is 31.1 Å². The van der Waals surface area contributed by atoms with Gasteiger partial charge in [-0.2, -0.15) is 0 Å². The first-order valence-electron chi connectivity index (χ1n) is 7.01. The fourth-order valence-electron chi connectivity index (χ4n) is 2.68. The number of rotatable bonds is 6. The SMILES string of the molecule is CN(CCNCc1cc(Br)ccc1F)C1CCCC1. The Morgan fingerprint density at radius 2 is 2.11 bits per heavy atom. The van der Waals surface area contributed by atoms with Gasteiger partial charge in [-0.1, -0.05) is 28.8 Å². The summed E-state index contributed by atoms with van der Waals surface area (Å²) in [4.78, 5) is 2.43. The fourth-order valence-corrected chi connectivity index (χ4v) is 3.09. The highest BCUT2D eigenvalue weighted by Gasteiger charge is 2.18. The maximum Gasteiger partial charge on any atom is 0.127 e. The zero-order valence-corrected chi connectivity index (χ0v) is 13.0. The lowest BCUT2D eigenvalue weighted by Crippen LogP contribution is -2.35.